The Kier molecular flexibility index (Phi) is 6.55. The molecule has 0 aliphatic heterocycles. The number of para-hydroxylation sites is 4. The van der Waals surface area contributed by atoms with Gasteiger partial charge in [0.05, 0.1) is 27.1 Å². The molecule has 11 rings (SSSR count). The lowest BCUT2D eigenvalue weighted by atomic mass is 9.92. The van der Waals surface area contributed by atoms with E-state index in [1.165, 1.54) is 47.5 Å². The summed E-state index contributed by atoms with van der Waals surface area (Å²) in [4.78, 5) is 2.43. The fraction of sp³-hybridized carbons (Fsp3) is 0.0417. The second-order valence-corrected chi connectivity index (χ2v) is 14.7. The Morgan fingerprint density at radius 2 is 1.27 bits per heavy atom. The van der Waals surface area contributed by atoms with Crippen LogP contribution in [0.1, 0.15) is 17.9 Å². The topological polar surface area (TPSA) is 21.3 Å². The van der Waals surface area contributed by atoms with E-state index in [4.69, 9.17) is 4.42 Å². The van der Waals surface area contributed by atoms with Crippen molar-refractivity contribution in [1.29, 1.82) is 0 Å². The summed E-state index contributed by atoms with van der Waals surface area (Å²) < 4.78 is 11.7. The summed E-state index contributed by atoms with van der Waals surface area (Å²) in [5.41, 5.74) is 9.82. The number of nitrogens with zero attached hydrogens (tertiary/aromatic N) is 2. The highest BCUT2D eigenvalue weighted by Crippen LogP contribution is 2.49. The number of allylic oxidation sites excluding steroid dienone is 4. The molecule has 0 amide bonds. The molecule has 0 spiro atoms. The summed E-state index contributed by atoms with van der Waals surface area (Å²) in [7, 11) is 0. The van der Waals surface area contributed by atoms with Crippen molar-refractivity contribution in [2.75, 3.05) is 4.90 Å². The monoisotopic (exact) mass is 684 g/mol. The normalized spacial score (nSPS) is 14.5. The molecule has 4 heteroatoms. The maximum Gasteiger partial charge on any atom is 0.159 e. The third-order valence-corrected chi connectivity index (χ3v) is 11.9. The quantitative estimate of drug-likeness (QED) is 0.180. The molecule has 0 saturated heterocycles. The number of hydrogen-bond acceptors (Lipinski definition) is 3. The summed E-state index contributed by atoms with van der Waals surface area (Å²) in [6.45, 7) is 0. The van der Waals surface area contributed by atoms with Crippen LogP contribution in [-0.4, -0.2) is 4.57 Å². The van der Waals surface area contributed by atoms with Crippen molar-refractivity contribution in [1.82, 2.24) is 4.57 Å². The van der Waals surface area contributed by atoms with Crippen molar-refractivity contribution in [3.8, 4) is 5.69 Å². The van der Waals surface area contributed by atoms with Crippen LogP contribution in [0.5, 0.6) is 0 Å². The smallest absolute Gasteiger partial charge is 0.159 e. The lowest BCUT2D eigenvalue weighted by Gasteiger charge is -2.27. The zero-order valence-corrected chi connectivity index (χ0v) is 29.1. The first-order valence-electron chi connectivity index (χ1n) is 17.9. The van der Waals surface area contributed by atoms with Gasteiger partial charge in [-0.05, 0) is 66.6 Å². The zero-order valence-electron chi connectivity index (χ0n) is 28.2. The van der Waals surface area contributed by atoms with Gasteiger partial charge in [0.25, 0.3) is 0 Å². The van der Waals surface area contributed by atoms with E-state index in [2.05, 4.69) is 179 Å². The summed E-state index contributed by atoms with van der Waals surface area (Å²) in [6.07, 6.45) is 9.88. The highest BCUT2D eigenvalue weighted by atomic mass is 32.1. The molecular weight excluding hydrogens is 653 g/mol. The van der Waals surface area contributed by atoms with Gasteiger partial charge in [0.15, 0.2) is 5.58 Å². The standard InChI is InChI=1S/C48H32N2OS/c1-2-13-31(14-3-1)32-25-27-33(28-26-32)49(43-22-12-19-39-37-17-6-10-23-45(37)51-47(39)43)44-30-34(29-40-38-18-7-11-24-46(38)52-48(40)44)50-41-20-8-4-15-35(41)36-16-5-9-21-42(36)50/h1-13,15-31H,14H2. The molecule has 7 aromatic carbocycles. The molecule has 0 radical (unpaired) electrons. The number of fused-ring (bicyclic) bond motifs is 9. The van der Waals surface area contributed by atoms with Crippen molar-refractivity contribution in [2.24, 2.45) is 0 Å². The lowest BCUT2D eigenvalue weighted by Crippen LogP contribution is -2.11. The minimum Gasteiger partial charge on any atom is -0.454 e. The van der Waals surface area contributed by atoms with Crippen molar-refractivity contribution in [3.63, 3.8) is 0 Å². The van der Waals surface area contributed by atoms with Gasteiger partial charge >= 0.3 is 0 Å². The molecule has 1 atom stereocenters. The van der Waals surface area contributed by atoms with Gasteiger partial charge in [-0.3, -0.25) is 0 Å². The Morgan fingerprint density at radius 3 is 2.04 bits per heavy atom. The Balaban J connectivity index is 1.24. The zero-order chi connectivity index (χ0) is 34.2. The molecular formula is C48H32N2OS. The molecule has 0 bridgehead atoms. The molecule has 3 nitrogen and oxygen atoms in total. The van der Waals surface area contributed by atoms with E-state index in [1.54, 1.807) is 0 Å². The Morgan fingerprint density at radius 1 is 0.577 bits per heavy atom. The van der Waals surface area contributed by atoms with Gasteiger partial charge in [0, 0.05) is 54.3 Å². The lowest BCUT2D eigenvalue weighted by molar-refractivity contribution is 0.669. The van der Waals surface area contributed by atoms with Gasteiger partial charge in [0.1, 0.15) is 5.58 Å². The van der Waals surface area contributed by atoms with Crippen molar-refractivity contribution in [3.05, 3.63) is 182 Å². The van der Waals surface area contributed by atoms with Gasteiger partial charge in [0.2, 0.25) is 0 Å². The van der Waals surface area contributed by atoms with E-state index in [1.807, 2.05) is 17.4 Å². The molecule has 0 N–H and O–H groups in total. The summed E-state index contributed by atoms with van der Waals surface area (Å²) in [5, 5.41) is 7.24. The van der Waals surface area contributed by atoms with Gasteiger partial charge in [-0.2, -0.15) is 0 Å². The van der Waals surface area contributed by atoms with Crippen LogP contribution < -0.4 is 4.90 Å². The molecule has 52 heavy (non-hydrogen) atoms. The molecule has 0 fully saturated rings. The van der Waals surface area contributed by atoms with Gasteiger partial charge in [-0.25, -0.2) is 0 Å². The van der Waals surface area contributed by atoms with Crippen LogP contribution in [0.4, 0.5) is 17.1 Å². The van der Waals surface area contributed by atoms with Gasteiger partial charge in [-0.1, -0.05) is 121 Å². The van der Waals surface area contributed by atoms with E-state index in [-0.39, 0.29) is 0 Å². The van der Waals surface area contributed by atoms with Crippen LogP contribution in [0.15, 0.2) is 180 Å². The number of aromatic nitrogens is 1. The Bertz CT molecular complexity index is 3010. The first-order chi connectivity index (χ1) is 25.8. The molecule has 0 saturated carbocycles. The Labute approximate surface area is 304 Å². The van der Waals surface area contributed by atoms with Crippen molar-refractivity contribution >= 4 is 92.3 Å². The second-order valence-electron chi connectivity index (χ2n) is 13.6. The summed E-state index contributed by atoms with van der Waals surface area (Å²) >= 11 is 1.86. The maximum absolute atomic E-state index is 6.76. The number of furan rings is 1. The summed E-state index contributed by atoms with van der Waals surface area (Å²) in [6, 6.07) is 55.2. The van der Waals surface area contributed by atoms with Gasteiger partial charge < -0.3 is 13.9 Å². The number of thiophene rings is 1. The fourth-order valence-electron chi connectivity index (χ4n) is 8.30. The molecule has 246 valence electrons. The largest absolute Gasteiger partial charge is 0.454 e. The molecule has 1 aliphatic carbocycles. The van der Waals surface area contributed by atoms with Crippen LogP contribution >= 0.6 is 11.3 Å². The number of benzene rings is 7. The van der Waals surface area contributed by atoms with Crippen LogP contribution in [0, 0.1) is 0 Å². The Hall–Kier alpha value is -6.36. The number of anilines is 3. The van der Waals surface area contributed by atoms with E-state index in [9.17, 15) is 0 Å². The van der Waals surface area contributed by atoms with Crippen LogP contribution in [0.3, 0.4) is 0 Å². The van der Waals surface area contributed by atoms with E-state index in [0.29, 0.717) is 5.92 Å². The first kappa shape index (κ1) is 29.4. The third kappa shape index (κ3) is 4.44. The first-order valence-corrected chi connectivity index (χ1v) is 18.7. The average molecular weight is 685 g/mol. The van der Waals surface area contributed by atoms with Crippen molar-refractivity contribution in [2.45, 2.75) is 12.3 Å². The summed E-state index contributed by atoms with van der Waals surface area (Å²) in [5.74, 6) is 0.374. The molecule has 1 aliphatic rings. The minimum absolute atomic E-state index is 0.374. The second kappa shape index (κ2) is 11.6. The predicted octanol–water partition coefficient (Wildman–Crippen LogP) is 14.1. The molecule has 3 aromatic heterocycles. The minimum atomic E-state index is 0.374. The fourth-order valence-corrected chi connectivity index (χ4v) is 9.49. The number of rotatable bonds is 5. The third-order valence-electron chi connectivity index (χ3n) is 10.7. The predicted molar refractivity (Wildman–Crippen MR) is 221 cm³/mol. The van der Waals surface area contributed by atoms with E-state index >= 15 is 0 Å². The van der Waals surface area contributed by atoms with E-state index in [0.717, 1.165) is 51.1 Å². The van der Waals surface area contributed by atoms with Gasteiger partial charge in [-0.15, -0.1) is 11.3 Å². The average Bonchev–Trinajstić information content (AvgIpc) is 3.89. The van der Waals surface area contributed by atoms with Crippen LogP contribution in [0.2, 0.25) is 0 Å². The van der Waals surface area contributed by atoms with Crippen molar-refractivity contribution < 1.29 is 4.42 Å². The molecule has 10 aromatic rings. The van der Waals surface area contributed by atoms with Crippen LogP contribution in [0.25, 0.3) is 69.6 Å². The SMILES string of the molecule is C1=CCC(c2ccc(N(c3cccc4c3oc3ccccc34)c3cc(-n4c5ccccc5c5ccccc54)cc4c3sc3ccccc34)cc2)C=C1. The maximum atomic E-state index is 6.76. The molecule has 3 heterocycles. The number of hydrogen-bond donors (Lipinski definition) is 0. The van der Waals surface area contributed by atoms with Crippen LogP contribution in [-0.2, 0) is 0 Å². The highest BCUT2D eigenvalue weighted by Gasteiger charge is 2.25. The molecule has 1 unspecified atom stereocenters. The van der Waals surface area contributed by atoms with E-state index < -0.39 is 0 Å². The highest BCUT2D eigenvalue weighted by molar-refractivity contribution is 7.26.